The van der Waals surface area contributed by atoms with E-state index in [-0.39, 0.29) is 6.54 Å². The molecule has 2 aromatic heterocycles. The van der Waals surface area contributed by atoms with Crippen LogP contribution >= 0.6 is 11.3 Å². The summed E-state index contributed by atoms with van der Waals surface area (Å²) in [5, 5.41) is 23.5. The SMILES string of the molecule is Cc1nnc(CN2CCC[C@H](c3ccn(CC(=O)O)n3)C2)s1. The second-order valence-corrected chi connectivity index (χ2v) is 6.89. The molecule has 22 heavy (non-hydrogen) atoms. The molecular weight excluding hydrogens is 302 g/mol. The fraction of sp³-hybridized carbons (Fsp3) is 0.571. The van der Waals surface area contributed by atoms with Gasteiger partial charge in [-0.25, -0.2) is 0 Å². The number of carboxylic acid groups (broad SMARTS) is 1. The fourth-order valence-corrected chi connectivity index (χ4v) is 3.61. The molecule has 0 radical (unpaired) electrons. The maximum Gasteiger partial charge on any atom is 0.325 e. The van der Waals surface area contributed by atoms with Crippen molar-refractivity contribution in [3.63, 3.8) is 0 Å². The standard InChI is InChI=1S/C14H19N5O2S/c1-10-15-16-13(22-10)8-18-5-2-3-11(7-18)12-4-6-19(17-12)9-14(20)21/h4,6,11H,2-3,5,7-9H2,1H3,(H,20,21)/t11-/m0/s1. The number of aryl methyl sites for hydroxylation is 1. The van der Waals surface area contributed by atoms with E-state index in [1.54, 1.807) is 17.5 Å². The zero-order chi connectivity index (χ0) is 15.5. The van der Waals surface area contributed by atoms with Gasteiger partial charge in [-0.3, -0.25) is 14.4 Å². The van der Waals surface area contributed by atoms with E-state index < -0.39 is 5.97 Å². The van der Waals surface area contributed by atoms with Gasteiger partial charge in [-0.1, -0.05) is 0 Å². The summed E-state index contributed by atoms with van der Waals surface area (Å²) in [6.07, 6.45) is 3.96. The zero-order valence-corrected chi connectivity index (χ0v) is 13.3. The molecule has 1 atom stereocenters. The average Bonchev–Trinajstić information content (AvgIpc) is 3.08. The summed E-state index contributed by atoms with van der Waals surface area (Å²) in [6, 6.07) is 1.94. The van der Waals surface area contributed by atoms with E-state index >= 15 is 0 Å². The van der Waals surface area contributed by atoms with E-state index in [9.17, 15) is 4.79 Å². The zero-order valence-electron chi connectivity index (χ0n) is 12.5. The Balaban J connectivity index is 1.62. The summed E-state index contributed by atoms with van der Waals surface area (Å²) >= 11 is 1.64. The van der Waals surface area contributed by atoms with Crippen molar-refractivity contribution in [2.24, 2.45) is 0 Å². The highest BCUT2D eigenvalue weighted by Gasteiger charge is 2.24. The second-order valence-electron chi connectivity index (χ2n) is 5.62. The van der Waals surface area contributed by atoms with Gasteiger partial charge in [0.2, 0.25) is 0 Å². The summed E-state index contributed by atoms with van der Waals surface area (Å²) in [4.78, 5) is 13.1. The first-order chi connectivity index (χ1) is 10.6. The number of carbonyl (C=O) groups is 1. The lowest BCUT2D eigenvalue weighted by atomic mass is 9.95. The molecule has 0 amide bonds. The Morgan fingerprint density at radius 3 is 3.09 bits per heavy atom. The van der Waals surface area contributed by atoms with Gasteiger partial charge in [-0.05, 0) is 32.4 Å². The molecule has 0 bridgehead atoms. The van der Waals surface area contributed by atoms with Crippen molar-refractivity contribution in [1.29, 1.82) is 0 Å². The number of likely N-dealkylation sites (tertiary alicyclic amines) is 1. The molecule has 1 N–H and O–H groups in total. The number of hydrogen-bond acceptors (Lipinski definition) is 6. The lowest BCUT2D eigenvalue weighted by Gasteiger charge is -2.31. The van der Waals surface area contributed by atoms with Gasteiger partial charge >= 0.3 is 5.97 Å². The molecule has 0 aromatic carbocycles. The van der Waals surface area contributed by atoms with Crippen molar-refractivity contribution in [2.45, 2.75) is 38.8 Å². The summed E-state index contributed by atoms with van der Waals surface area (Å²) < 4.78 is 1.49. The Morgan fingerprint density at radius 2 is 2.36 bits per heavy atom. The molecule has 1 aliphatic rings. The smallest absolute Gasteiger partial charge is 0.325 e. The lowest BCUT2D eigenvalue weighted by Crippen LogP contribution is -2.34. The highest BCUT2D eigenvalue weighted by atomic mass is 32.1. The van der Waals surface area contributed by atoms with E-state index in [1.165, 1.54) is 4.68 Å². The van der Waals surface area contributed by atoms with Gasteiger partial charge in [0.25, 0.3) is 0 Å². The molecule has 0 saturated carbocycles. The minimum atomic E-state index is -0.869. The normalized spacial score (nSPS) is 19.4. The Kier molecular flexibility index (Phi) is 4.49. The van der Waals surface area contributed by atoms with E-state index in [0.717, 1.165) is 48.2 Å². The van der Waals surface area contributed by atoms with Crippen LogP contribution in [0.5, 0.6) is 0 Å². The Bertz CT molecular complexity index is 653. The summed E-state index contributed by atoms with van der Waals surface area (Å²) in [6.45, 7) is 4.71. The van der Waals surface area contributed by atoms with Crippen LogP contribution in [0.2, 0.25) is 0 Å². The van der Waals surface area contributed by atoms with E-state index in [4.69, 9.17) is 5.11 Å². The van der Waals surface area contributed by atoms with Crippen molar-refractivity contribution >= 4 is 17.3 Å². The third kappa shape index (κ3) is 3.69. The van der Waals surface area contributed by atoms with Crippen LogP contribution in [0.1, 0.15) is 34.5 Å². The van der Waals surface area contributed by atoms with Crippen molar-refractivity contribution in [2.75, 3.05) is 13.1 Å². The molecule has 0 spiro atoms. The Hall–Kier alpha value is -1.80. The first kappa shape index (κ1) is 15.1. The summed E-state index contributed by atoms with van der Waals surface area (Å²) in [5.74, 6) is -0.510. The maximum atomic E-state index is 10.7. The van der Waals surface area contributed by atoms with Gasteiger partial charge in [0, 0.05) is 18.7 Å². The van der Waals surface area contributed by atoms with Crippen LogP contribution in [0.4, 0.5) is 0 Å². The molecular formula is C14H19N5O2S. The molecule has 118 valence electrons. The van der Waals surface area contributed by atoms with Crippen LogP contribution in [0, 0.1) is 6.92 Å². The van der Waals surface area contributed by atoms with Crippen molar-refractivity contribution in [3.8, 4) is 0 Å². The van der Waals surface area contributed by atoms with Crippen LogP contribution in [-0.2, 0) is 17.9 Å². The van der Waals surface area contributed by atoms with Gasteiger partial charge in [0.15, 0.2) is 0 Å². The maximum absolute atomic E-state index is 10.7. The van der Waals surface area contributed by atoms with Crippen LogP contribution in [0.25, 0.3) is 0 Å². The quantitative estimate of drug-likeness (QED) is 0.898. The number of nitrogens with zero attached hydrogens (tertiary/aromatic N) is 5. The number of rotatable bonds is 5. The molecule has 7 nitrogen and oxygen atoms in total. The Morgan fingerprint density at radius 1 is 1.50 bits per heavy atom. The molecule has 0 unspecified atom stereocenters. The van der Waals surface area contributed by atoms with E-state index in [2.05, 4.69) is 20.2 Å². The topological polar surface area (TPSA) is 84.1 Å². The molecule has 8 heteroatoms. The highest BCUT2D eigenvalue weighted by molar-refractivity contribution is 7.11. The van der Waals surface area contributed by atoms with Gasteiger partial charge in [-0.15, -0.1) is 21.5 Å². The number of hydrogen-bond donors (Lipinski definition) is 1. The van der Waals surface area contributed by atoms with Crippen molar-refractivity contribution < 1.29 is 9.90 Å². The fourth-order valence-electron chi connectivity index (χ4n) is 2.86. The molecule has 1 saturated heterocycles. The van der Waals surface area contributed by atoms with E-state index in [1.807, 2.05) is 13.0 Å². The van der Waals surface area contributed by atoms with Crippen LogP contribution in [-0.4, -0.2) is 49.0 Å². The van der Waals surface area contributed by atoms with Crippen LogP contribution in [0.3, 0.4) is 0 Å². The molecule has 3 heterocycles. The largest absolute Gasteiger partial charge is 0.480 e. The van der Waals surface area contributed by atoms with Gasteiger partial charge in [0.1, 0.15) is 16.6 Å². The predicted octanol–water partition coefficient (Wildman–Crippen LogP) is 1.51. The molecule has 2 aromatic rings. The van der Waals surface area contributed by atoms with Gasteiger partial charge in [-0.2, -0.15) is 5.10 Å². The molecule has 3 rings (SSSR count). The minimum absolute atomic E-state index is 0.0828. The highest BCUT2D eigenvalue weighted by Crippen LogP contribution is 2.27. The molecule has 1 aliphatic heterocycles. The summed E-state index contributed by atoms with van der Waals surface area (Å²) in [7, 11) is 0. The summed E-state index contributed by atoms with van der Waals surface area (Å²) in [5.41, 5.74) is 0.986. The molecule has 0 aliphatic carbocycles. The Labute approximate surface area is 132 Å². The van der Waals surface area contributed by atoms with Gasteiger partial charge in [0.05, 0.1) is 12.2 Å². The second kappa shape index (κ2) is 6.53. The monoisotopic (exact) mass is 321 g/mol. The third-order valence-corrected chi connectivity index (χ3v) is 4.63. The number of piperidine rings is 1. The van der Waals surface area contributed by atoms with E-state index in [0.29, 0.717) is 5.92 Å². The predicted molar refractivity (Wildman–Crippen MR) is 81.8 cm³/mol. The minimum Gasteiger partial charge on any atom is -0.480 e. The van der Waals surface area contributed by atoms with Crippen molar-refractivity contribution in [1.82, 2.24) is 24.9 Å². The number of carboxylic acids is 1. The number of aliphatic carboxylic acids is 1. The van der Waals surface area contributed by atoms with Crippen LogP contribution < -0.4 is 0 Å². The first-order valence-electron chi connectivity index (χ1n) is 7.36. The van der Waals surface area contributed by atoms with Crippen LogP contribution in [0.15, 0.2) is 12.3 Å². The lowest BCUT2D eigenvalue weighted by molar-refractivity contribution is -0.137. The first-order valence-corrected chi connectivity index (χ1v) is 8.18. The number of aromatic nitrogens is 4. The van der Waals surface area contributed by atoms with Gasteiger partial charge < -0.3 is 5.11 Å². The molecule has 1 fully saturated rings. The third-order valence-electron chi connectivity index (χ3n) is 3.81. The van der Waals surface area contributed by atoms with Crippen molar-refractivity contribution in [3.05, 3.63) is 28.0 Å². The average molecular weight is 321 g/mol.